The van der Waals surface area contributed by atoms with Gasteiger partial charge in [-0.2, -0.15) is 4.98 Å². The molecule has 1 aromatic carbocycles. The molecule has 0 spiro atoms. The van der Waals surface area contributed by atoms with E-state index < -0.39 is 0 Å². The van der Waals surface area contributed by atoms with E-state index in [9.17, 15) is 9.59 Å². The van der Waals surface area contributed by atoms with Crippen LogP contribution in [-0.4, -0.2) is 47.1 Å². The molecule has 1 aliphatic rings. The zero-order valence-corrected chi connectivity index (χ0v) is 17.4. The lowest BCUT2D eigenvalue weighted by molar-refractivity contribution is -0.113. The highest BCUT2D eigenvalue weighted by Gasteiger charge is 2.22. The van der Waals surface area contributed by atoms with E-state index in [0.717, 1.165) is 30.5 Å². The highest BCUT2D eigenvalue weighted by Crippen LogP contribution is 2.31. The van der Waals surface area contributed by atoms with Gasteiger partial charge in [-0.1, -0.05) is 11.8 Å². The van der Waals surface area contributed by atoms with Gasteiger partial charge in [-0.25, -0.2) is 4.79 Å². The number of hydrogen-bond donors (Lipinski definition) is 2. The number of aliphatic hydroxyl groups is 1. The normalized spacial score (nSPS) is 12.5. The Morgan fingerprint density at radius 1 is 1.31 bits per heavy atom. The largest absolute Gasteiger partial charge is 0.497 e. The molecule has 1 aliphatic carbocycles. The zero-order valence-electron chi connectivity index (χ0n) is 16.6. The first-order valence-corrected chi connectivity index (χ1v) is 10.4. The highest BCUT2D eigenvalue weighted by atomic mass is 32.2. The molecule has 2 N–H and O–H groups in total. The van der Waals surface area contributed by atoms with Crippen molar-refractivity contribution in [2.24, 2.45) is 0 Å². The smallest absolute Gasteiger partial charge is 0.348 e. The van der Waals surface area contributed by atoms with Crippen LogP contribution >= 0.6 is 11.8 Å². The number of ether oxygens (including phenoxy) is 2. The second-order valence-electron chi connectivity index (χ2n) is 6.61. The van der Waals surface area contributed by atoms with Crippen molar-refractivity contribution in [2.75, 3.05) is 31.9 Å². The third-order valence-electron chi connectivity index (χ3n) is 4.76. The standard InChI is InChI=1S/C20H25N3O5S/c1-27-13-7-8-15(17(11-13)28-2)21-18(25)12-29-19-14-5-3-6-16(14)23(9-4-10-24)20(26)22-19/h7-8,11,24H,3-6,9-10,12H2,1-2H3,(H,21,25). The van der Waals surface area contributed by atoms with E-state index in [2.05, 4.69) is 10.3 Å². The van der Waals surface area contributed by atoms with Crippen molar-refractivity contribution in [3.8, 4) is 11.5 Å². The van der Waals surface area contributed by atoms with Gasteiger partial charge in [-0.3, -0.25) is 9.36 Å². The van der Waals surface area contributed by atoms with Gasteiger partial charge in [0.15, 0.2) is 0 Å². The number of aromatic nitrogens is 2. The summed E-state index contributed by atoms with van der Waals surface area (Å²) in [5.74, 6) is 1.06. The summed E-state index contributed by atoms with van der Waals surface area (Å²) in [6.45, 7) is 0.500. The van der Waals surface area contributed by atoms with Gasteiger partial charge in [0.25, 0.3) is 0 Å². The van der Waals surface area contributed by atoms with Crippen molar-refractivity contribution < 1.29 is 19.4 Å². The molecule has 1 aromatic heterocycles. The average molecular weight is 420 g/mol. The number of aliphatic hydroxyl groups excluding tert-OH is 1. The number of fused-ring (bicyclic) bond motifs is 1. The van der Waals surface area contributed by atoms with Crippen LogP contribution in [0, 0.1) is 0 Å². The summed E-state index contributed by atoms with van der Waals surface area (Å²) in [4.78, 5) is 29.1. The Bertz CT molecular complexity index is 944. The van der Waals surface area contributed by atoms with E-state index in [1.54, 1.807) is 29.9 Å². The van der Waals surface area contributed by atoms with Crippen LogP contribution in [0.1, 0.15) is 24.1 Å². The number of nitrogens with one attached hydrogen (secondary N) is 1. The summed E-state index contributed by atoms with van der Waals surface area (Å²) in [7, 11) is 3.09. The van der Waals surface area contributed by atoms with Crippen molar-refractivity contribution >= 4 is 23.4 Å². The number of nitrogens with zero attached hydrogens (tertiary/aromatic N) is 2. The topological polar surface area (TPSA) is 103 Å². The maximum absolute atomic E-state index is 12.4. The zero-order chi connectivity index (χ0) is 20.8. The summed E-state index contributed by atoms with van der Waals surface area (Å²) in [6, 6.07) is 5.16. The van der Waals surface area contributed by atoms with E-state index in [1.807, 2.05) is 0 Å². The molecule has 2 aromatic rings. The maximum Gasteiger partial charge on any atom is 0.348 e. The molecule has 0 saturated heterocycles. The van der Waals surface area contributed by atoms with E-state index >= 15 is 0 Å². The Hall–Kier alpha value is -2.52. The fraction of sp³-hybridized carbons (Fsp3) is 0.450. The fourth-order valence-electron chi connectivity index (χ4n) is 3.39. The van der Waals surface area contributed by atoms with Gasteiger partial charge < -0.3 is 19.9 Å². The van der Waals surface area contributed by atoms with Gasteiger partial charge in [0.05, 0.1) is 25.7 Å². The lowest BCUT2D eigenvalue weighted by Gasteiger charge is -2.14. The molecule has 0 unspecified atom stereocenters. The van der Waals surface area contributed by atoms with Gasteiger partial charge in [-0.15, -0.1) is 0 Å². The average Bonchev–Trinajstić information content (AvgIpc) is 3.21. The number of hydrogen-bond acceptors (Lipinski definition) is 7. The van der Waals surface area contributed by atoms with Gasteiger partial charge in [-0.05, 0) is 37.8 Å². The third kappa shape index (κ3) is 4.91. The van der Waals surface area contributed by atoms with Gasteiger partial charge in [0.1, 0.15) is 16.5 Å². The molecule has 156 valence electrons. The minimum atomic E-state index is -0.321. The van der Waals surface area contributed by atoms with Crippen molar-refractivity contribution in [3.63, 3.8) is 0 Å². The summed E-state index contributed by atoms with van der Waals surface area (Å²) < 4.78 is 12.1. The van der Waals surface area contributed by atoms with Gasteiger partial charge in [0, 0.05) is 30.5 Å². The summed E-state index contributed by atoms with van der Waals surface area (Å²) in [5, 5.41) is 12.5. The number of anilines is 1. The fourth-order valence-corrected chi connectivity index (χ4v) is 4.26. The number of carbonyl (C=O) groups is 1. The van der Waals surface area contributed by atoms with E-state index in [0.29, 0.717) is 35.2 Å². The number of benzene rings is 1. The number of rotatable bonds is 9. The molecule has 1 heterocycles. The molecule has 0 atom stereocenters. The number of methoxy groups -OCH3 is 2. The molecule has 8 nitrogen and oxygen atoms in total. The van der Waals surface area contributed by atoms with Crippen LogP contribution in [0.4, 0.5) is 5.69 Å². The predicted molar refractivity (Wildman–Crippen MR) is 111 cm³/mol. The highest BCUT2D eigenvalue weighted by molar-refractivity contribution is 8.00. The first kappa shape index (κ1) is 21.2. The first-order valence-electron chi connectivity index (χ1n) is 9.45. The minimum Gasteiger partial charge on any atom is -0.497 e. The minimum absolute atomic E-state index is 0.0344. The summed E-state index contributed by atoms with van der Waals surface area (Å²) in [6.07, 6.45) is 3.15. The van der Waals surface area contributed by atoms with Crippen molar-refractivity contribution in [3.05, 3.63) is 39.9 Å². The molecule has 0 fully saturated rings. The Labute approximate surface area is 173 Å². The molecule has 0 aliphatic heterocycles. The van der Waals surface area contributed by atoms with E-state index in [4.69, 9.17) is 14.6 Å². The SMILES string of the molecule is COc1ccc(NC(=O)CSc2nc(=O)n(CCCO)c3c2CCC3)c(OC)c1. The number of carbonyl (C=O) groups excluding carboxylic acids is 1. The van der Waals surface area contributed by atoms with Gasteiger partial charge in [0.2, 0.25) is 5.91 Å². The molecule has 29 heavy (non-hydrogen) atoms. The van der Waals surface area contributed by atoms with Crippen molar-refractivity contribution in [2.45, 2.75) is 37.3 Å². The van der Waals surface area contributed by atoms with Crippen LogP contribution in [0.3, 0.4) is 0 Å². The Morgan fingerprint density at radius 3 is 2.86 bits per heavy atom. The van der Waals surface area contributed by atoms with E-state index in [1.165, 1.54) is 18.9 Å². The summed E-state index contributed by atoms with van der Waals surface area (Å²) >= 11 is 1.27. The second-order valence-corrected chi connectivity index (χ2v) is 7.57. The molecule has 0 saturated carbocycles. The van der Waals surface area contributed by atoms with Crippen LogP contribution in [0.15, 0.2) is 28.0 Å². The predicted octanol–water partition coefficient (Wildman–Crippen LogP) is 1.86. The lowest BCUT2D eigenvalue weighted by Crippen LogP contribution is -2.28. The third-order valence-corrected chi connectivity index (χ3v) is 5.78. The molecule has 0 radical (unpaired) electrons. The quantitative estimate of drug-likeness (QED) is 0.472. The Morgan fingerprint density at radius 2 is 2.14 bits per heavy atom. The van der Waals surface area contributed by atoms with Crippen LogP contribution in [0.5, 0.6) is 11.5 Å². The van der Waals surface area contributed by atoms with Gasteiger partial charge >= 0.3 is 5.69 Å². The van der Waals surface area contributed by atoms with Crippen molar-refractivity contribution in [1.82, 2.24) is 9.55 Å². The maximum atomic E-state index is 12.4. The number of amides is 1. The molecule has 0 bridgehead atoms. The second kappa shape index (κ2) is 9.80. The Kier molecular flexibility index (Phi) is 7.16. The van der Waals surface area contributed by atoms with Crippen LogP contribution in [0.2, 0.25) is 0 Å². The van der Waals surface area contributed by atoms with Crippen LogP contribution in [0.25, 0.3) is 0 Å². The monoisotopic (exact) mass is 419 g/mol. The summed E-state index contributed by atoms with van der Waals surface area (Å²) in [5.41, 5.74) is 2.26. The molecular weight excluding hydrogens is 394 g/mol. The molecular formula is C20H25N3O5S. The Balaban J connectivity index is 1.70. The molecule has 9 heteroatoms. The number of thioether (sulfide) groups is 1. The van der Waals surface area contributed by atoms with Crippen LogP contribution < -0.4 is 20.5 Å². The van der Waals surface area contributed by atoms with E-state index in [-0.39, 0.29) is 24.0 Å². The molecule has 1 amide bonds. The van der Waals surface area contributed by atoms with Crippen LogP contribution in [-0.2, 0) is 24.2 Å². The molecule has 3 rings (SSSR count). The van der Waals surface area contributed by atoms with Crippen molar-refractivity contribution in [1.29, 1.82) is 0 Å². The lowest BCUT2D eigenvalue weighted by atomic mass is 10.2. The first-order chi connectivity index (χ1) is 14.1.